The van der Waals surface area contributed by atoms with Crippen LogP contribution >= 0.6 is 0 Å². The first-order valence-corrected chi connectivity index (χ1v) is 12.1. The summed E-state index contributed by atoms with van der Waals surface area (Å²) in [6.07, 6.45) is -3.03. The molecular formula is C25H22F3NO3S. The van der Waals surface area contributed by atoms with Crippen LogP contribution in [0.15, 0.2) is 71.6 Å². The number of benzene rings is 3. The fourth-order valence-electron chi connectivity index (χ4n) is 5.06. The number of methoxy groups -OCH3 is 1. The van der Waals surface area contributed by atoms with Crippen molar-refractivity contribution in [3.05, 3.63) is 83.4 Å². The van der Waals surface area contributed by atoms with Gasteiger partial charge in [0.1, 0.15) is 5.75 Å². The summed E-state index contributed by atoms with van der Waals surface area (Å²) in [5, 5.41) is 0. The molecule has 172 valence electrons. The van der Waals surface area contributed by atoms with E-state index in [1.165, 1.54) is 31.4 Å². The molecule has 33 heavy (non-hydrogen) atoms. The normalized spacial score (nSPS) is 20.5. The molecule has 4 nitrogen and oxygen atoms in total. The van der Waals surface area contributed by atoms with E-state index < -0.39 is 21.8 Å². The molecule has 1 fully saturated rings. The van der Waals surface area contributed by atoms with Crippen molar-refractivity contribution in [1.82, 2.24) is 4.31 Å². The van der Waals surface area contributed by atoms with Crippen molar-refractivity contribution >= 4 is 10.0 Å². The lowest BCUT2D eigenvalue weighted by Gasteiger charge is -2.33. The van der Waals surface area contributed by atoms with E-state index in [0.717, 1.165) is 28.8 Å². The number of rotatable bonds is 4. The van der Waals surface area contributed by atoms with Crippen molar-refractivity contribution in [1.29, 1.82) is 0 Å². The van der Waals surface area contributed by atoms with Gasteiger partial charge in [-0.3, -0.25) is 0 Å². The van der Waals surface area contributed by atoms with Crippen LogP contribution in [0.3, 0.4) is 0 Å². The highest BCUT2D eigenvalue weighted by Gasteiger charge is 2.45. The summed E-state index contributed by atoms with van der Waals surface area (Å²) in [6.45, 7) is 0.394. The predicted molar refractivity (Wildman–Crippen MR) is 118 cm³/mol. The first-order chi connectivity index (χ1) is 15.7. The Labute approximate surface area is 190 Å². The molecule has 0 N–H and O–H groups in total. The minimum absolute atomic E-state index is 0.196. The van der Waals surface area contributed by atoms with Crippen LogP contribution in [0.1, 0.15) is 41.5 Å². The summed E-state index contributed by atoms with van der Waals surface area (Å²) in [5.41, 5.74) is 2.71. The fourth-order valence-corrected chi connectivity index (χ4v) is 6.68. The van der Waals surface area contributed by atoms with E-state index in [1.807, 2.05) is 18.2 Å². The SMILES string of the molecule is COc1ccc(S(=O)(=O)N2CCC3C[C@@H]2c2c(-c4ccc(C(F)(F)F)cc4)cccc23)cc1. The summed E-state index contributed by atoms with van der Waals surface area (Å²) in [7, 11) is -2.24. The highest BCUT2D eigenvalue weighted by atomic mass is 32.2. The predicted octanol–water partition coefficient (Wildman–Crippen LogP) is 6.00. The summed E-state index contributed by atoms with van der Waals surface area (Å²) in [5.74, 6) is 0.810. The quantitative estimate of drug-likeness (QED) is 0.467. The maximum Gasteiger partial charge on any atom is 0.416 e. The van der Waals surface area contributed by atoms with Crippen molar-refractivity contribution < 1.29 is 26.3 Å². The molecule has 1 heterocycles. The fraction of sp³-hybridized carbons (Fsp3) is 0.280. The Balaban J connectivity index is 1.56. The van der Waals surface area contributed by atoms with E-state index in [4.69, 9.17) is 4.74 Å². The monoisotopic (exact) mass is 473 g/mol. The smallest absolute Gasteiger partial charge is 0.416 e. The average molecular weight is 474 g/mol. The van der Waals surface area contributed by atoms with Crippen LogP contribution in [0, 0.1) is 0 Å². The Morgan fingerprint density at radius 2 is 1.67 bits per heavy atom. The summed E-state index contributed by atoms with van der Waals surface area (Å²) < 4.78 is 72.9. The van der Waals surface area contributed by atoms with E-state index in [2.05, 4.69) is 0 Å². The third kappa shape index (κ3) is 3.71. The third-order valence-electron chi connectivity index (χ3n) is 6.66. The molecule has 1 saturated heterocycles. The average Bonchev–Trinajstić information content (AvgIpc) is 3.10. The van der Waals surface area contributed by atoms with Gasteiger partial charge >= 0.3 is 6.18 Å². The molecule has 3 aromatic carbocycles. The van der Waals surface area contributed by atoms with Gasteiger partial charge in [0.15, 0.2) is 0 Å². The van der Waals surface area contributed by atoms with Gasteiger partial charge in [0.25, 0.3) is 0 Å². The minimum Gasteiger partial charge on any atom is -0.497 e. The second-order valence-electron chi connectivity index (χ2n) is 8.41. The third-order valence-corrected chi connectivity index (χ3v) is 8.58. The molecule has 5 rings (SSSR count). The Kier molecular flexibility index (Phi) is 5.25. The lowest BCUT2D eigenvalue weighted by atomic mass is 9.93. The second-order valence-corrected chi connectivity index (χ2v) is 10.3. The molecule has 0 spiro atoms. The molecule has 3 aromatic rings. The molecule has 0 saturated carbocycles. The molecule has 2 atom stereocenters. The Hall–Kier alpha value is -2.84. The molecule has 8 heteroatoms. The van der Waals surface area contributed by atoms with Crippen LogP contribution in [0.5, 0.6) is 5.75 Å². The zero-order valence-corrected chi connectivity index (χ0v) is 18.7. The van der Waals surface area contributed by atoms with Crippen molar-refractivity contribution in [2.75, 3.05) is 13.7 Å². The van der Waals surface area contributed by atoms with Gasteiger partial charge in [-0.1, -0.05) is 30.3 Å². The molecule has 0 aromatic heterocycles. The molecule has 1 unspecified atom stereocenters. The number of ether oxygens (including phenoxy) is 1. The van der Waals surface area contributed by atoms with Gasteiger partial charge in [-0.2, -0.15) is 17.5 Å². The lowest BCUT2D eigenvalue weighted by Crippen LogP contribution is -2.37. The number of nitrogens with zero attached hydrogens (tertiary/aromatic N) is 1. The maximum absolute atomic E-state index is 13.5. The van der Waals surface area contributed by atoms with Crippen LogP contribution in [-0.2, 0) is 16.2 Å². The number of sulfonamides is 1. The van der Waals surface area contributed by atoms with E-state index in [-0.39, 0.29) is 16.9 Å². The van der Waals surface area contributed by atoms with Gasteiger partial charge in [-0.15, -0.1) is 0 Å². The largest absolute Gasteiger partial charge is 0.497 e. The first-order valence-electron chi connectivity index (χ1n) is 10.7. The van der Waals surface area contributed by atoms with Crippen molar-refractivity contribution in [2.45, 2.75) is 35.9 Å². The summed E-state index contributed by atoms with van der Waals surface area (Å²) in [4.78, 5) is 0.196. The van der Waals surface area contributed by atoms with Gasteiger partial charge in [0, 0.05) is 6.54 Å². The molecule has 0 radical (unpaired) electrons. The maximum atomic E-state index is 13.5. The van der Waals surface area contributed by atoms with Crippen LogP contribution in [0.2, 0.25) is 0 Å². The molecule has 1 aliphatic heterocycles. The van der Waals surface area contributed by atoms with Gasteiger partial charge in [-0.25, -0.2) is 8.42 Å². The molecule has 0 amide bonds. The van der Waals surface area contributed by atoms with E-state index in [1.54, 1.807) is 16.4 Å². The molecule has 2 bridgehead atoms. The Morgan fingerprint density at radius 1 is 0.970 bits per heavy atom. The van der Waals surface area contributed by atoms with Crippen molar-refractivity contribution in [3.63, 3.8) is 0 Å². The molecule has 2 aliphatic rings. The number of hydrogen-bond acceptors (Lipinski definition) is 3. The summed E-state index contributed by atoms with van der Waals surface area (Å²) in [6, 6.07) is 16.8. The number of fused-ring (bicyclic) bond motifs is 5. The standard InChI is InChI=1S/C25H22F3NO3S/c1-32-19-9-11-20(12-10-19)33(30,31)29-14-13-17-15-23(29)24-21(3-2-4-22(17)24)16-5-7-18(8-6-16)25(26,27)28/h2-12,17,23H,13-15H2,1H3/t17?,23-/m1/s1. The lowest BCUT2D eigenvalue weighted by molar-refractivity contribution is -0.137. The number of alkyl halides is 3. The van der Waals surface area contributed by atoms with E-state index >= 15 is 0 Å². The highest BCUT2D eigenvalue weighted by molar-refractivity contribution is 7.89. The highest BCUT2D eigenvalue weighted by Crippen LogP contribution is 2.53. The molecule has 1 aliphatic carbocycles. The summed E-state index contributed by atoms with van der Waals surface area (Å²) >= 11 is 0. The van der Waals surface area contributed by atoms with Crippen LogP contribution in [0.25, 0.3) is 11.1 Å². The van der Waals surface area contributed by atoms with Gasteiger partial charge < -0.3 is 4.74 Å². The van der Waals surface area contributed by atoms with Crippen LogP contribution in [0.4, 0.5) is 13.2 Å². The number of hydrogen-bond donors (Lipinski definition) is 0. The van der Waals surface area contributed by atoms with Crippen LogP contribution < -0.4 is 4.74 Å². The minimum atomic E-state index is -4.41. The van der Waals surface area contributed by atoms with Crippen LogP contribution in [-0.4, -0.2) is 26.4 Å². The van der Waals surface area contributed by atoms with Crippen molar-refractivity contribution in [3.8, 4) is 16.9 Å². The zero-order chi connectivity index (χ0) is 23.4. The number of halogens is 3. The van der Waals surface area contributed by atoms with E-state index in [9.17, 15) is 21.6 Å². The topological polar surface area (TPSA) is 46.6 Å². The Morgan fingerprint density at radius 3 is 2.30 bits per heavy atom. The van der Waals surface area contributed by atoms with Gasteiger partial charge in [-0.05, 0) is 77.4 Å². The van der Waals surface area contributed by atoms with E-state index in [0.29, 0.717) is 30.7 Å². The second kappa shape index (κ2) is 7.88. The number of piperidine rings is 1. The Bertz CT molecular complexity index is 1290. The van der Waals surface area contributed by atoms with Gasteiger partial charge in [0.05, 0.1) is 23.6 Å². The first kappa shape index (κ1) is 22.0. The zero-order valence-electron chi connectivity index (χ0n) is 17.8. The molecular weight excluding hydrogens is 451 g/mol. The van der Waals surface area contributed by atoms with Crippen molar-refractivity contribution in [2.24, 2.45) is 0 Å². The van der Waals surface area contributed by atoms with Gasteiger partial charge in [0.2, 0.25) is 10.0 Å².